The van der Waals surface area contributed by atoms with E-state index < -0.39 is 38.1 Å². The number of hydrogen-bond donors (Lipinski definition) is 4. The topological polar surface area (TPSA) is 127 Å². The van der Waals surface area contributed by atoms with Gasteiger partial charge in [-0.3, -0.25) is 24.7 Å². The third-order valence-electron chi connectivity index (χ3n) is 1.96. The van der Waals surface area contributed by atoms with Crippen LogP contribution in [-0.2, 0) is 14.2 Å². The van der Waals surface area contributed by atoms with Crippen LogP contribution in [0.25, 0.3) is 0 Å². The molecule has 0 aromatic carbocycles. The summed E-state index contributed by atoms with van der Waals surface area (Å²) in [4.78, 5) is 31.1. The van der Waals surface area contributed by atoms with Gasteiger partial charge in [0.15, 0.2) is 0 Å². The fraction of sp³-hybridized carbons (Fsp3) is 0.750. The molecule has 0 rings (SSSR count). The van der Waals surface area contributed by atoms with Crippen LogP contribution in [-0.4, -0.2) is 57.7 Å². The summed E-state index contributed by atoms with van der Waals surface area (Å²) in [7, 11) is -3.81. The molecule has 0 radical (unpaired) electrons. The molecule has 0 bridgehead atoms. The number of carbonyl (C=O) groups excluding carboxylic acids is 2. The molecule has 2 atom stereocenters. The quantitative estimate of drug-likeness (QED) is 0.201. The molecule has 0 fully saturated rings. The summed E-state index contributed by atoms with van der Waals surface area (Å²) in [5.74, 6) is -0.719. The first-order valence-electron chi connectivity index (χ1n) is 4.89. The summed E-state index contributed by atoms with van der Waals surface area (Å²) in [6, 6.07) is 0. The SMILES string of the molecule is CC(NCC(=O)P(C)(=O)O)N(O)C(=O)CCO. The van der Waals surface area contributed by atoms with Gasteiger partial charge in [0.2, 0.25) is 11.4 Å². The number of carbonyl (C=O) groups is 2. The molecule has 0 aliphatic carbocycles. The Hall–Kier alpha value is -0.790. The van der Waals surface area contributed by atoms with Crippen molar-refractivity contribution in [1.82, 2.24) is 10.4 Å². The number of amides is 1. The molecule has 0 heterocycles. The van der Waals surface area contributed by atoms with E-state index in [4.69, 9.17) is 10.00 Å². The van der Waals surface area contributed by atoms with Crippen molar-refractivity contribution >= 4 is 18.8 Å². The van der Waals surface area contributed by atoms with Crippen LogP contribution in [0.1, 0.15) is 13.3 Å². The highest BCUT2D eigenvalue weighted by Crippen LogP contribution is 2.35. The van der Waals surface area contributed by atoms with Gasteiger partial charge < -0.3 is 10.00 Å². The molecule has 17 heavy (non-hydrogen) atoms. The van der Waals surface area contributed by atoms with E-state index in [-0.39, 0.29) is 6.42 Å². The molecule has 0 aromatic heterocycles. The molecule has 0 aliphatic rings. The molecular weight excluding hydrogens is 251 g/mol. The molecule has 0 saturated heterocycles. The third-order valence-corrected chi connectivity index (χ3v) is 3.04. The zero-order chi connectivity index (χ0) is 13.6. The largest absolute Gasteiger partial charge is 0.396 e. The van der Waals surface area contributed by atoms with Crippen LogP contribution in [0.2, 0.25) is 0 Å². The molecule has 0 aromatic rings. The van der Waals surface area contributed by atoms with E-state index in [9.17, 15) is 19.4 Å². The van der Waals surface area contributed by atoms with E-state index in [2.05, 4.69) is 5.32 Å². The van der Waals surface area contributed by atoms with Crippen molar-refractivity contribution in [2.45, 2.75) is 19.5 Å². The smallest absolute Gasteiger partial charge is 0.262 e. The fourth-order valence-electron chi connectivity index (χ4n) is 0.894. The van der Waals surface area contributed by atoms with Gasteiger partial charge in [-0.15, -0.1) is 0 Å². The average molecular weight is 268 g/mol. The van der Waals surface area contributed by atoms with E-state index in [1.165, 1.54) is 6.92 Å². The minimum atomic E-state index is -3.81. The number of hydrogen-bond acceptors (Lipinski definition) is 6. The predicted molar refractivity (Wildman–Crippen MR) is 58.6 cm³/mol. The third kappa shape index (κ3) is 5.90. The molecule has 0 spiro atoms. The van der Waals surface area contributed by atoms with Crippen molar-refractivity contribution in [3.63, 3.8) is 0 Å². The maximum Gasteiger partial charge on any atom is 0.262 e. The van der Waals surface area contributed by atoms with Crippen molar-refractivity contribution in [2.24, 2.45) is 0 Å². The average Bonchev–Trinajstić information content (AvgIpc) is 2.23. The van der Waals surface area contributed by atoms with E-state index in [1.54, 1.807) is 0 Å². The van der Waals surface area contributed by atoms with Crippen molar-refractivity contribution in [3.8, 4) is 0 Å². The van der Waals surface area contributed by atoms with Crippen LogP contribution in [0.3, 0.4) is 0 Å². The van der Waals surface area contributed by atoms with E-state index in [0.29, 0.717) is 5.06 Å². The van der Waals surface area contributed by atoms with Crippen LogP contribution < -0.4 is 5.32 Å². The van der Waals surface area contributed by atoms with E-state index in [1.807, 2.05) is 0 Å². The van der Waals surface area contributed by atoms with Gasteiger partial charge in [0.25, 0.3) is 7.37 Å². The van der Waals surface area contributed by atoms with Gasteiger partial charge in [-0.1, -0.05) is 0 Å². The van der Waals surface area contributed by atoms with Crippen LogP contribution in [0.4, 0.5) is 0 Å². The highest BCUT2D eigenvalue weighted by atomic mass is 31.2. The van der Waals surface area contributed by atoms with Crippen LogP contribution in [0.5, 0.6) is 0 Å². The summed E-state index contributed by atoms with van der Waals surface area (Å²) < 4.78 is 10.9. The van der Waals surface area contributed by atoms with Crippen LogP contribution in [0.15, 0.2) is 0 Å². The van der Waals surface area contributed by atoms with Gasteiger partial charge in [0.05, 0.1) is 19.6 Å². The highest BCUT2D eigenvalue weighted by Gasteiger charge is 2.24. The molecule has 4 N–H and O–H groups in total. The number of rotatable bonds is 7. The zero-order valence-corrected chi connectivity index (χ0v) is 10.6. The van der Waals surface area contributed by atoms with Crippen molar-refractivity contribution < 1.29 is 29.4 Å². The second-order valence-corrected chi connectivity index (χ2v) is 5.80. The molecule has 1 amide bonds. The zero-order valence-electron chi connectivity index (χ0n) is 9.66. The lowest BCUT2D eigenvalue weighted by atomic mass is 10.4. The molecular formula is C8H17N2O6P. The maximum atomic E-state index is 11.1. The Kier molecular flexibility index (Phi) is 6.51. The minimum absolute atomic E-state index is 0.247. The first kappa shape index (κ1) is 16.2. The molecule has 0 saturated carbocycles. The molecule has 8 nitrogen and oxygen atoms in total. The van der Waals surface area contributed by atoms with Gasteiger partial charge in [0.1, 0.15) is 6.17 Å². The van der Waals surface area contributed by atoms with Crippen LogP contribution in [0, 0.1) is 0 Å². The summed E-state index contributed by atoms with van der Waals surface area (Å²) in [5.41, 5.74) is -0.896. The first-order valence-corrected chi connectivity index (χ1v) is 6.99. The fourth-order valence-corrected chi connectivity index (χ4v) is 1.28. The second-order valence-electron chi connectivity index (χ2n) is 3.54. The lowest BCUT2D eigenvalue weighted by Gasteiger charge is -2.23. The van der Waals surface area contributed by atoms with E-state index in [0.717, 1.165) is 6.66 Å². The van der Waals surface area contributed by atoms with Gasteiger partial charge in [-0.05, 0) is 6.92 Å². The molecule has 2 unspecified atom stereocenters. The number of hydroxylamine groups is 2. The molecule has 9 heteroatoms. The van der Waals surface area contributed by atoms with Gasteiger partial charge in [-0.25, -0.2) is 5.06 Å². The lowest BCUT2D eigenvalue weighted by molar-refractivity contribution is -0.177. The summed E-state index contributed by atoms with van der Waals surface area (Å²) >= 11 is 0. The Morgan fingerprint density at radius 2 is 2.00 bits per heavy atom. The monoisotopic (exact) mass is 268 g/mol. The lowest BCUT2D eigenvalue weighted by Crippen LogP contribution is -2.46. The van der Waals surface area contributed by atoms with E-state index >= 15 is 0 Å². The molecule has 0 aliphatic heterocycles. The Morgan fingerprint density at radius 3 is 2.41 bits per heavy atom. The highest BCUT2D eigenvalue weighted by molar-refractivity contribution is 7.74. The second kappa shape index (κ2) is 6.83. The first-order chi connectivity index (χ1) is 7.70. The standard InChI is InChI=1S/C8H17N2O6P/c1-6(10(14)7(12)3-4-11)9-5-8(13)17(2,15)16/h6,9,11,14H,3-5H2,1-2H3,(H,15,16). The number of nitrogens with one attached hydrogen (secondary N) is 1. The Labute approximate surface area is 98.6 Å². The Bertz CT molecular complexity index is 328. The number of nitrogens with zero attached hydrogens (tertiary/aromatic N) is 1. The summed E-state index contributed by atoms with van der Waals surface area (Å²) in [6.07, 6.45) is -1.15. The minimum Gasteiger partial charge on any atom is -0.396 e. The Balaban J connectivity index is 4.19. The number of aliphatic hydroxyl groups is 1. The maximum absolute atomic E-state index is 11.1. The summed E-state index contributed by atoms with van der Waals surface area (Å²) in [6.45, 7) is 1.47. The van der Waals surface area contributed by atoms with Gasteiger partial charge in [0, 0.05) is 6.66 Å². The summed E-state index contributed by atoms with van der Waals surface area (Å²) in [5, 5.41) is 20.5. The van der Waals surface area contributed by atoms with Gasteiger partial charge in [-0.2, -0.15) is 0 Å². The van der Waals surface area contributed by atoms with Gasteiger partial charge >= 0.3 is 0 Å². The normalized spacial score (nSPS) is 16.1. The Morgan fingerprint density at radius 1 is 1.47 bits per heavy atom. The van der Waals surface area contributed by atoms with Crippen molar-refractivity contribution in [2.75, 3.05) is 19.8 Å². The van der Waals surface area contributed by atoms with Crippen LogP contribution >= 0.6 is 7.37 Å². The predicted octanol–water partition coefficient (Wildman–Crippen LogP) is -1.05. The van der Waals surface area contributed by atoms with Crippen molar-refractivity contribution in [3.05, 3.63) is 0 Å². The number of aliphatic hydroxyl groups excluding tert-OH is 1. The van der Waals surface area contributed by atoms with Crippen molar-refractivity contribution in [1.29, 1.82) is 0 Å². The molecule has 100 valence electrons.